The Morgan fingerprint density at radius 3 is 2.55 bits per heavy atom. The first-order chi connectivity index (χ1) is 10.5. The van der Waals surface area contributed by atoms with E-state index in [2.05, 4.69) is 16.0 Å². The predicted molar refractivity (Wildman–Crippen MR) is 85.1 cm³/mol. The van der Waals surface area contributed by atoms with Gasteiger partial charge in [-0.05, 0) is 30.9 Å². The van der Waals surface area contributed by atoms with Gasteiger partial charge in [0.2, 0.25) is 5.91 Å². The van der Waals surface area contributed by atoms with Crippen molar-refractivity contribution in [3.63, 3.8) is 0 Å². The Labute approximate surface area is 130 Å². The van der Waals surface area contributed by atoms with E-state index in [0.717, 1.165) is 0 Å². The van der Waals surface area contributed by atoms with Gasteiger partial charge in [0, 0.05) is 19.5 Å². The third-order valence-corrected chi connectivity index (χ3v) is 2.95. The summed E-state index contributed by atoms with van der Waals surface area (Å²) in [5.41, 5.74) is 0.146. The number of unbranched alkanes of at least 4 members (excludes halogenated alkanes) is 1. The van der Waals surface area contributed by atoms with Gasteiger partial charge >= 0.3 is 6.03 Å². The highest BCUT2D eigenvalue weighted by Gasteiger charge is 2.05. The Kier molecular flexibility index (Phi) is 7.96. The van der Waals surface area contributed by atoms with Crippen LogP contribution in [0.4, 0.5) is 14.9 Å². The van der Waals surface area contributed by atoms with Crippen molar-refractivity contribution in [2.24, 2.45) is 5.92 Å². The van der Waals surface area contributed by atoms with E-state index in [1.54, 1.807) is 12.1 Å². The summed E-state index contributed by atoms with van der Waals surface area (Å²) in [6.07, 6.45) is 1.84. The summed E-state index contributed by atoms with van der Waals surface area (Å²) < 4.78 is 13.3. The maximum atomic E-state index is 13.3. The molecule has 0 spiro atoms. The van der Waals surface area contributed by atoms with Gasteiger partial charge in [0.15, 0.2) is 0 Å². The molecule has 1 rings (SSSR count). The largest absolute Gasteiger partial charge is 0.356 e. The van der Waals surface area contributed by atoms with E-state index in [9.17, 15) is 14.0 Å². The second-order valence-electron chi connectivity index (χ2n) is 5.52. The molecule has 5 nitrogen and oxygen atoms in total. The van der Waals surface area contributed by atoms with Crippen molar-refractivity contribution in [2.75, 3.05) is 18.4 Å². The Bertz CT molecular complexity index is 492. The normalized spacial score (nSPS) is 10.4. The Hall–Kier alpha value is -2.11. The van der Waals surface area contributed by atoms with E-state index < -0.39 is 11.8 Å². The highest BCUT2D eigenvalue weighted by molar-refractivity contribution is 5.89. The lowest BCUT2D eigenvalue weighted by Gasteiger charge is -2.09. The van der Waals surface area contributed by atoms with Gasteiger partial charge in [-0.3, -0.25) is 4.79 Å². The molecule has 0 aliphatic carbocycles. The first-order valence-electron chi connectivity index (χ1n) is 7.55. The van der Waals surface area contributed by atoms with Gasteiger partial charge in [-0.15, -0.1) is 0 Å². The van der Waals surface area contributed by atoms with Crippen LogP contribution in [-0.4, -0.2) is 25.0 Å². The molecule has 0 aliphatic rings. The molecule has 22 heavy (non-hydrogen) atoms. The van der Waals surface area contributed by atoms with E-state index in [0.29, 0.717) is 38.3 Å². The van der Waals surface area contributed by atoms with Gasteiger partial charge in [-0.2, -0.15) is 0 Å². The summed E-state index contributed by atoms with van der Waals surface area (Å²) in [6, 6.07) is 5.53. The Morgan fingerprint density at radius 1 is 1.14 bits per heavy atom. The van der Waals surface area contributed by atoms with E-state index in [-0.39, 0.29) is 11.6 Å². The molecule has 0 heterocycles. The van der Waals surface area contributed by atoms with Crippen LogP contribution in [0.15, 0.2) is 24.3 Å². The van der Waals surface area contributed by atoms with Crippen LogP contribution in [0.2, 0.25) is 0 Å². The molecule has 0 aromatic heterocycles. The molecule has 6 heteroatoms. The maximum absolute atomic E-state index is 13.3. The van der Waals surface area contributed by atoms with Crippen molar-refractivity contribution in [2.45, 2.75) is 33.1 Å². The highest BCUT2D eigenvalue weighted by Crippen LogP contribution is 2.11. The number of urea groups is 1. The van der Waals surface area contributed by atoms with Crippen LogP contribution in [0.1, 0.15) is 33.1 Å². The van der Waals surface area contributed by atoms with Gasteiger partial charge in [0.1, 0.15) is 5.82 Å². The molecule has 0 unspecified atom stereocenters. The molecule has 0 bridgehead atoms. The van der Waals surface area contributed by atoms with Gasteiger partial charge in [-0.1, -0.05) is 26.0 Å². The highest BCUT2D eigenvalue weighted by atomic mass is 19.1. The SMILES string of the molecule is CC(C)CNC(=O)CCCCNC(=O)Nc1ccccc1F. The third-order valence-electron chi connectivity index (χ3n) is 2.95. The van der Waals surface area contributed by atoms with Gasteiger partial charge in [0.05, 0.1) is 5.69 Å². The molecule has 122 valence electrons. The van der Waals surface area contributed by atoms with Crippen LogP contribution in [-0.2, 0) is 4.79 Å². The number of carbonyl (C=O) groups excluding carboxylic acids is 2. The maximum Gasteiger partial charge on any atom is 0.319 e. The lowest BCUT2D eigenvalue weighted by molar-refractivity contribution is -0.121. The lowest BCUT2D eigenvalue weighted by Crippen LogP contribution is -2.30. The minimum atomic E-state index is -0.473. The average molecular weight is 309 g/mol. The summed E-state index contributed by atoms with van der Waals surface area (Å²) in [4.78, 5) is 23.0. The fraction of sp³-hybridized carbons (Fsp3) is 0.500. The summed E-state index contributed by atoms with van der Waals surface area (Å²) in [5.74, 6) is -0.00308. The van der Waals surface area contributed by atoms with Crippen LogP contribution in [0.25, 0.3) is 0 Å². The second-order valence-corrected chi connectivity index (χ2v) is 5.52. The van der Waals surface area contributed by atoms with E-state index >= 15 is 0 Å². The molecule has 3 amide bonds. The lowest BCUT2D eigenvalue weighted by atomic mass is 10.2. The fourth-order valence-corrected chi connectivity index (χ4v) is 1.75. The number of amides is 3. The van der Waals surface area contributed by atoms with Gasteiger partial charge in [-0.25, -0.2) is 9.18 Å². The van der Waals surface area contributed by atoms with Crippen LogP contribution in [0.5, 0.6) is 0 Å². The van der Waals surface area contributed by atoms with E-state index in [1.807, 2.05) is 13.8 Å². The van der Waals surface area contributed by atoms with E-state index in [4.69, 9.17) is 0 Å². The van der Waals surface area contributed by atoms with Crippen molar-refractivity contribution in [3.05, 3.63) is 30.1 Å². The zero-order valence-corrected chi connectivity index (χ0v) is 13.1. The van der Waals surface area contributed by atoms with Crippen LogP contribution in [0.3, 0.4) is 0 Å². The Balaban J connectivity index is 2.11. The number of nitrogens with one attached hydrogen (secondary N) is 3. The molecule has 0 aliphatic heterocycles. The molecule has 0 saturated heterocycles. The van der Waals surface area contributed by atoms with Crippen LogP contribution in [0, 0.1) is 11.7 Å². The second kappa shape index (κ2) is 9.76. The molecule has 0 radical (unpaired) electrons. The zero-order valence-electron chi connectivity index (χ0n) is 13.1. The molecule has 1 aromatic carbocycles. The summed E-state index contributed by atoms with van der Waals surface area (Å²) >= 11 is 0. The van der Waals surface area contributed by atoms with E-state index in [1.165, 1.54) is 12.1 Å². The number of halogens is 1. The number of benzene rings is 1. The number of hydrogen-bond acceptors (Lipinski definition) is 2. The molecular weight excluding hydrogens is 285 g/mol. The minimum absolute atomic E-state index is 0.0320. The fourth-order valence-electron chi connectivity index (χ4n) is 1.75. The first-order valence-corrected chi connectivity index (χ1v) is 7.55. The van der Waals surface area contributed by atoms with Crippen molar-refractivity contribution in [3.8, 4) is 0 Å². The molecule has 0 fully saturated rings. The van der Waals surface area contributed by atoms with Crippen molar-refractivity contribution >= 4 is 17.6 Å². The third kappa shape index (κ3) is 7.61. The van der Waals surface area contributed by atoms with Gasteiger partial charge in [0.25, 0.3) is 0 Å². The average Bonchev–Trinajstić information content (AvgIpc) is 2.47. The van der Waals surface area contributed by atoms with Crippen molar-refractivity contribution < 1.29 is 14.0 Å². The number of anilines is 1. The standard InChI is InChI=1S/C16H24FN3O2/c1-12(2)11-19-15(21)9-5-6-10-18-16(22)20-14-8-4-3-7-13(14)17/h3-4,7-8,12H,5-6,9-11H2,1-2H3,(H,19,21)(H2,18,20,22). The zero-order chi connectivity index (χ0) is 16.4. The Morgan fingerprint density at radius 2 is 1.86 bits per heavy atom. The number of para-hydroxylation sites is 1. The molecule has 0 atom stereocenters. The minimum Gasteiger partial charge on any atom is -0.356 e. The molecule has 3 N–H and O–H groups in total. The smallest absolute Gasteiger partial charge is 0.319 e. The molecular formula is C16H24FN3O2. The number of hydrogen-bond donors (Lipinski definition) is 3. The monoisotopic (exact) mass is 309 g/mol. The molecule has 1 aromatic rings. The van der Waals surface area contributed by atoms with Crippen molar-refractivity contribution in [1.82, 2.24) is 10.6 Å². The first kappa shape index (κ1) is 17.9. The summed E-state index contributed by atoms with van der Waals surface area (Å²) in [7, 11) is 0. The molecule has 0 saturated carbocycles. The topological polar surface area (TPSA) is 70.2 Å². The van der Waals surface area contributed by atoms with Crippen LogP contribution < -0.4 is 16.0 Å². The number of rotatable bonds is 8. The number of carbonyl (C=O) groups is 2. The predicted octanol–water partition coefficient (Wildman–Crippen LogP) is 2.89. The summed E-state index contributed by atoms with van der Waals surface area (Å²) in [5, 5.41) is 7.91. The quantitative estimate of drug-likeness (QED) is 0.646. The van der Waals surface area contributed by atoms with Crippen LogP contribution >= 0.6 is 0 Å². The van der Waals surface area contributed by atoms with Gasteiger partial charge < -0.3 is 16.0 Å². The van der Waals surface area contributed by atoms with Crippen molar-refractivity contribution in [1.29, 1.82) is 0 Å². The summed E-state index contributed by atoms with van der Waals surface area (Å²) in [6.45, 7) is 5.21.